The van der Waals surface area contributed by atoms with E-state index in [-0.39, 0.29) is 40.2 Å². The van der Waals surface area contributed by atoms with Gasteiger partial charge < -0.3 is 25.0 Å². The van der Waals surface area contributed by atoms with Gasteiger partial charge in [-0.15, -0.1) is 0 Å². The highest BCUT2D eigenvalue weighted by molar-refractivity contribution is 6.04. The number of nitrogens with two attached hydrogens (primary N) is 1. The van der Waals surface area contributed by atoms with Crippen molar-refractivity contribution in [3.05, 3.63) is 60.2 Å². The number of aromatic nitrogens is 5. The molecule has 186 valence electrons. The zero-order valence-corrected chi connectivity index (χ0v) is 18.7. The number of benzene rings is 1. The first kappa shape index (κ1) is 24.3. The van der Waals surface area contributed by atoms with E-state index in [0.717, 1.165) is 0 Å². The van der Waals surface area contributed by atoms with Gasteiger partial charge >= 0.3 is 0 Å². The zero-order chi connectivity index (χ0) is 25.7. The Bertz CT molecular complexity index is 1370. The Morgan fingerprint density at radius 2 is 1.92 bits per heavy atom. The number of nitrogens with one attached hydrogen (secondary N) is 1. The van der Waals surface area contributed by atoms with Gasteiger partial charge in [0, 0.05) is 30.9 Å². The molecule has 4 aromatic rings. The van der Waals surface area contributed by atoms with Gasteiger partial charge in [0.15, 0.2) is 11.9 Å². The number of ether oxygens (including phenoxy) is 2. The molecule has 0 unspecified atom stereocenters. The van der Waals surface area contributed by atoms with Gasteiger partial charge in [-0.2, -0.15) is 10.1 Å². The number of rotatable bonds is 10. The highest BCUT2D eigenvalue weighted by Gasteiger charge is 2.17. The third-order valence-electron chi connectivity index (χ3n) is 4.58. The Hall–Kier alpha value is -4.88. The van der Waals surface area contributed by atoms with E-state index < -0.39 is 31.3 Å². The molecule has 0 aliphatic heterocycles. The first-order valence-corrected chi connectivity index (χ1v) is 10.4. The number of carbonyl (C=O) groups is 2. The van der Waals surface area contributed by atoms with E-state index in [9.17, 15) is 18.4 Å². The Morgan fingerprint density at radius 1 is 1.14 bits per heavy atom. The molecule has 0 saturated carbocycles. The Labute approximate surface area is 202 Å². The average molecular weight is 499 g/mol. The summed E-state index contributed by atoms with van der Waals surface area (Å²) < 4.78 is 43.6. The van der Waals surface area contributed by atoms with Crippen LogP contribution in [0.4, 0.5) is 14.6 Å². The summed E-state index contributed by atoms with van der Waals surface area (Å²) in [7, 11) is 1.69. The quantitative estimate of drug-likeness (QED) is 0.334. The molecule has 0 spiro atoms. The summed E-state index contributed by atoms with van der Waals surface area (Å²) >= 11 is 0. The van der Waals surface area contributed by atoms with Crippen LogP contribution < -0.4 is 20.5 Å². The van der Waals surface area contributed by atoms with Crippen LogP contribution in [0.1, 0.15) is 21.0 Å². The lowest BCUT2D eigenvalue weighted by Gasteiger charge is -2.15. The van der Waals surface area contributed by atoms with Crippen molar-refractivity contribution < 1.29 is 32.4 Å². The SMILES string of the molecule is Cn1ccc(NC(=O)c2cc(Oc3ccc(-c4nc(C(N)=O)no4)nc3)cc(OC(CF)CF)c2)n1. The van der Waals surface area contributed by atoms with E-state index in [1.807, 2.05) is 0 Å². The molecule has 0 bridgehead atoms. The number of aryl methyl sites for hydroxylation is 1. The number of pyridine rings is 1. The molecular formula is C22H19F2N7O5. The van der Waals surface area contributed by atoms with Gasteiger partial charge in [-0.1, -0.05) is 5.16 Å². The van der Waals surface area contributed by atoms with Gasteiger partial charge in [-0.3, -0.25) is 14.3 Å². The lowest BCUT2D eigenvalue weighted by atomic mass is 10.2. The molecule has 0 aliphatic carbocycles. The molecule has 36 heavy (non-hydrogen) atoms. The van der Waals surface area contributed by atoms with E-state index in [0.29, 0.717) is 5.82 Å². The van der Waals surface area contributed by atoms with E-state index in [1.54, 1.807) is 19.3 Å². The van der Waals surface area contributed by atoms with Crippen LogP contribution >= 0.6 is 0 Å². The van der Waals surface area contributed by atoms with E-state index >= 15 is 0 Å². The van der Waals surface area contributed by atoms with Crippen molar-refractivity contribution in [1.82, 2.24) is 24.9 Å². The molecular weight excluding hydrogens is 480 g/mol. The first-order valence-electron chi connectivity index (χ1n) is 10.4. The molecule has 12 nitrogen and oxygen atoms in total. The summed E-state index contributed by atoms with van der Waals surface area (Å²) in [6.45, 7) is -2.12. The standard InChI is InChI=1S/C22H19F2N7O5/c1-31-5-4-18(29-31)27-21(33)12-6-14(8-15(7-12)35-16(9-23)10-24)34-13-2-3-17(26-11-13)22-28-20(19(25)32)30-36-22/h2-8,11,16H,9-10H2,1H3,(H2,25,32)(H,27,29,33). The molecule has 0 radical (unpaired) electrons. The second kappa shape index (κ2) is 10.6. The van der Waals surface area contributed by atoms with Crippen LogP contribution in [0.3, 0.4) is 0 Å². The molecule has 3 heterocycles. The fraction of sp³-hybridized carbons (Fsp3) is 0.182. The molecule has 2 amide bonds. The average Bonchev–Trinajstić information content (AvgIpc) is 3.52. The monoisotopic (exact) mass is 499 g/mol. The second-order valence-corrected chi connectivity index (χ2v) is 7.34. The van der Waals surface area contributed by atoms with Crippen LogP contribution in [0.15, 0.2) is 53.3 Å². The fourth-order valence-corrected chi connectivity index (χ4v) is 2.93. The Balaban J connectivity index is 1.57. The highest BCUT2D eigenvalue weighted by atomic mass is 19.1. The number of hydrogen-bond acceptors (Lipinski definition) is 9. The van der Waals surface area contributed by atoms with Crippen molar-refractivity contribution in [3.8, 4) is 28.8 Å². The largest absolute Gasteiger partial charge is 0.485 e. The third-order valence-corrected chi connectivity index (χ3v) is 4.58. The molecule has 3 N–H and O–H groups in total. The summed E-state index contributed by atoms with van der Waals surface area (Å²) in [4.78, 5) is 31.9. The third kappa shape index (κ3) is 5.78. The maximum Gasteiger partial charge on any atom is 0.290 e. The summed E-state index contributed by atoms with van der Waals surface area (Å²) in [5, 5.41) is 10.1. The van der Waals surface area contributed by atoms with Gasteiger partial charge in [0.05, 0.1) is 6.20 Å². The number of primary amides is 1. The molecule has 0 saturated heterocycles. The molecule has 1 aromatic carbocycles. The number of alkyl halides is 2. The van der Waals surface area contributed by atoms with E-state index in [4.69, 9.17) is 19.7 Å². The summed E-state index contributed by atoms with van der Waals surface area (Å²) in [6.07, 6.45) is 1.64. The molecule has 3 aromatic heterocycles. The van der Waals surface area contributed by atoms with Gasteiger partial charge in [0.1, 0.15) is 36.3 Å². The molecule has 4 rings (SSSR count). The Kier molecular flexibility index (Phi) is 7.13. The van der Waals surface area contributed by atoms with Gasteiger partial charge in [-0.05, 0) is 24.3 Å². The van der Waals surface area contributed by atoms with Crippen molar-refractivity contribution in [1.29, 1.82) is 0 Å². The molecule has 0 atom stereocenters. The van der Waals surface area contributed by atoms with Crippen LogP contribution in [0, 0.1) is 0 Å². The summed E-state index contributed by atoms with van der Waals surface area (Å²) in [5.74, 6) is -1.00. The van der Waals surface area contributed by atoms with Crippen LogP contribution in [0.5, 0.6) is 17.2 Å². The second-order valence-electron chi connectivity index (χ2n) is 7.34. The number of anilines is 1. The van der Waals surface area contributed by atoms with Crippen molar-refractivity contribution in [3.63, 3.8) is 0 Å². The normalized spacial score (nSPS) is 10.9. The highest BCUT2D eigenvalue weighted by Crippen LogP contribution is 2.29. The Morgan fingerprint density at radius 3 is 2.53 bits per heavy atom. The number of carbonyl (C=O) groups excluding carboxylic acids is 2. The van der Waals surface area contributed by atoms with Crippen LogP contribution in [0.2, 0.25) is 0 Å². The first-order chi connectivity index (χ1) is 17.3. The number of amides is 2. The maximum atomic E-state index is 13.0. The summed E-state index contributed by atoms with van der Waals surface area (Å²) in [6, 6.07) is 8.73. The molecule has 14 heteroatoms. The lowest BCUT2D eigenvalue weighted by molar-refractivity contribution is 0.0985. The number of nitrogens with zero attached hydrogens (tertiary/aromatic N) is 5. The van der Waals surface area contributed by atoms with Crippen LogP contribution in [0.25, 0.3) is 11.6 Å². The van der Waals surface area contributed by atoms with Crippen molar-refractivity contribution in [2.45, 2.75) is 6.10 Å². The van der Waals surface area contributed by atoms with Crippen molar-refractivity contribution in [2.24, 2.45) is 12.8 Å². The van der Waals surface area contributed by atoms with Crippen molar-refractivity contribution >= 4 is 17.6 Å². The summed E-state index contributed by atoms with van der Waals surface area (Å²) in [5.41, 5.74) is 5.45. The number of halogens is 2. The van der Waals surface area contributed by atoms with E-state index in [2.05, 4.69) is 25.5 Å². The zero-order valence-electron chi connectivity index (χ0n) is 18.7. The van der Waals surface area contributed by atoms with Crippen molar-refractivity contribution in [2.75, 3.05) is 18.7 Å². The van der Waals surface area contributed by atoms with Gasteiger partial charge in [-0.25, -0.2) is 13.8 Å². The minimum atomic E-state index is -1.34. The topological polar surface area (TPSA) is 160 Å². The minimum absolute atomic E-state index is 0.0217. The molecule has 0 fully saturated rings. The van der Waals surface area contributed by atoms with Gasteiger partial charge in [0.25, 0.3) is 23.5 Å². The maximum absolute atomic E-state index is 13.0. The predicted octanol–water partition coefficient (Wildman–Crippen LogP) is 2.70. The molecule has 0 aliphatic rings. The number of hydrogen-bond donors (Lipinski definition) is 2. The van der Waals surface area contributed by atoms with Crippen LogP contribution in [-0.2, 0) is 7.05 Å². The lowest BCUT2D eigenvalue weighted by Crippen LogP contribution is -2.21. The van der Waals surface area contributed by atoms with Gasteiger partial charge in [0.2, 0.25) is 0 Å². The predicted molar refractivity (Wildman–Crippen MR) is 120 cm³/mol. The minimum Gasteiger partial charge on any atom is -0.485 e. The fourth-order valence-electron chi connectivity index (χ4n) is 2.93. The smallest absolute Gasteiger partial charge is 0.290 e. The van der Waals surface area contributed by atoms with E-state index in [1.165, 1.54) is 41.2 Å². The van der Waals surface area contributed by atoms with Crippen LogP contribution in [-0.4, -0.2) is 56.2 Å².